The minimum atomic E-state index is -0.0803. The third-order valence-corrected chi connectivity index (χ3v) is 5.35. The molecular formula is C26H26N2O3. The number of ether oxygens (including phenoxy) is 1. The molecule has 158 valence electrons. The molecule has 0 aliphatic rings. The summed E-state index contributed by atoms with van der Waals surface area (Å²) in [6.45, 7) is 2.00. The number of pyridine rings is 1. The average molecular weight is 415 g/mol. The van der Waals surface area contributed by atoms with E-state index >= 15 is 0 Å². The number of nitrogens with one attached hydrogen (secondary N) is 1. The molecule has 0 fully saturated rings. The van der Waals surface area contributed by atoms with Gasteiger partial charge in [0.05, 0.1) is 17.6 Å². The molecule has 1 aromatic heterocycles. The summed E-state index contributed by atoms with van der Waals surface area (Å²) in [5, 5.41) is 4.22. The smallest absolute Gasteiger partial charge is 0.239 e. The summed E-state index contributed by atoms with van der Waals surface area (Å²) >= 11 is 0. The largest absolute Gasteiger partial charge is 0.381 e. The quantitative estimate of drug-likeness (QED) is 0.334. The summed E-state index contributed by atoms with van der Waals surface area (Å²) in [5.74, 6) is -0.0803. The highest BCUT2D eigenvalue weighted by atomic mass is 16.5. The Bertz CT molecular complexity index is 1170. The van der Waals surface area contributed by atoms with Gasteiger partial charge in [-0.1, -0.05) is 54.6 Å². The molecule has 0 saturated carbocycles. The van der Waals surface area contributed by atoms with Gasteiger partial charge in [0, 0.05) is 23.9 Å². The molecule has 31 heavy (non-hydrogen) atoms. The Morgan fingerprint density at radius 3 is 2.10 bits per heavy atom. The first-order valence-electron chi connectivity index (χ1n) is 10.6. The lowest BCUT2D eigenvalue weighted by Gasteiger charge is -2.15. The second-order valence-electron chi connectivity index (χ2n) is 7.50. The van der Waals surface area contributed by atoms with E-state index in [9.17, 15) is 9.59 Å². The van der Waals surface area contributed by atoms with Crippen molar-refractivity contribution in [2.75, 3.05) is 19.8 Å². The van der Waals surface area contributed by atoms with Gasteiger partial charge in [-0.2, -0.15) is 0 Å². The van der Waals surface area contributed by atoms with E-state index in [1.807, 2.05) is 71.3 Å². The van der Waals surface area contributed by atoms with E-state index in [0.29, 0.717) is 30.5 Å². The van der Waals surface area contributed by atoms with Gasteiger partial charge in [-0.25, -0.2) is 0 Å². The average Bonchev–Trinajstić information content (AvgIpc) is 2.82. The third kappa shape index (κ3) is 5.01. The van der Waals surface area contributed by atoms with E-state index in [0.717, 1.165) is 23.9 Å². The van der Waals surface area contributed by atoms with Crippen molar-refractivity contribution in [2.45, 2.75) is 19.4 Å². The fourth-order valence-electron chi connectivity index (χ4n) is 3.79. The molecule has 1 heterocycles. The Hall–Kier alpha value is -3.44. The van der Waals surface area contributed by atoms with Gasteiger partial charge in [-0.15, -0.1) is 0 Å². The van der Waals surface area contributed by atoms with Crippen LogP contribution in [0.1, 0.15) is 12.0 Å². The lowest BCUT2D eigenvalue weighted by molar-refractivity contribution is -0.121. The highest BCUT2D eigenvalue weighted by molar-refractivity contribution is 5.94. The fourth-order valence-corrected chi connectivity index (χ4v) is 3.79. The molecular weight excluding hydrogens is 388 g/mol. The van der Waals surface area contributed by atoms with Crippen molar-refractivity contribution < 1.29 is 9.53 Å². The van der Waals surface area contributed by atoms with Crippen molar-refractivity contribution in [3.8, 4) is 0 Å². The highest BCUT2D eigenvalue weighted by Crippen LogP contribution is 2.18. The first-order chi connectivity index (χ1) is 15.2. The monoisotopic (exact) mass is 414 g/mol. The minimum absolute atomic E-state index is 0.00416. The van der Waals surface area contributed by atoms with Crippen LogP contribution in [0.3, 0.4) is 0 Å². The zero-order valence-electron chi connectivity index (χ0n) is 17.4. The molecule has 0 aliphatic heterocycles. The van der Waals surface area contributed by atoms with E-state index in [2.05, 4.69) is 17.4 Å². The van der Waals surface area contributed by atoms with Crippen molar-refractivity contribution in [1.29, 1.82) is 0 Å². The number of fused-ring (bicyclic) bond motifs is 2. The molecule has 5 nitrogen and oxygen atoms in total. The molecule has 0 atom stereocenters. The first-order valence-corrected chi connectivity index (χ1v) is 10.6. The van der Waals surface area contributed by atoms with Crippen LogP contribution in [0.5, 0.6) is 0 Å². The third-order valence-electron chi connectivity index (χ3n) is 5.35. The summed E-state index contributed by atoms with van der Waals surface area (Å²) in [7, 11) is 0. The van der Waals surface area contributed by atoms with Crippen LogP contribution in [0.4, 0.5) is 0 Å². The molecule has 0 radical (unpaired) electrons. The van der Waals surface area contributed by atoms with Crippen LogP contribution < -0.4 is 10.7 Å². The first kappa shape index (κ1) is 20.8. The van der Waals surface area contributed by atoms with Crippen LogP contribution in [0.2, 0.25) is 0 Å². The second kappa shape index (κ2) is 10.0. The Labute approximate surface area is 181 Å². The number of aromatic nitrogens is 1. The molecule has 4 rings (SSSR count). The van der Waals surface area contributed by atoms with Crippen LogP contribution in [0, 0.1) is 0 Å². The van der Waals surface area contributed by atoms with E-state index in [1.165, 1.54) is 5.56 Å². The molecule has 5 heteroatoms. The number of hydrogen-bond donors (Lipinski definition) is 1. The fraction of sp³-hybridized carbons (Fsp3) is 0.231. The number of carbonyl (C=O) groups is 1. The number of para-hydroxylation sites is 2. The van der Waals surface area contributed by atoms with Crippen LogP contribution in [0.15, 0.2) is 83.7 Å². The normalized spacial score (nSPS) is 11.1. The minimum Gasteiger partial charge on any atom is -0.381 e. The summed E-state index contributed by atoms with van der Waals surface area (Å²) in [5.41, 5.74) is 2.79. The second-order valence-corrected chi connectivity index (χ2v) is 7.50. The standard InChI is InChI=1S/C26H26N2O3/c29-25(27-16-8-17-31-18-15-20-9-2-1-3-10-20)19-28-23-13-6-4-11-21(23)26(30)22-12-5-7-14-24(22)28/h1-7,9-14H,8,15-19H2,(H,27,29). The molecule has 0 bridgehead atoms. The lowest BCUT2D eigenvalue weighted by atomic mass is 10.1. The molecule has 0 saturated heterocycles. The number of amides is 1. The maximum absolute atomic E-state index is 12.8. The summed E-state index contributed by atoms with van der Waals surface area (Å²) < 4.78 is 7.59. The molecule has 1 amide bonds. The Balaban J connectivity index is 1.32. The van der Waals surface area contributed by atoms with Crippen molar-refractivity contribution in [3.63, 3.8) is 0 Å². The van der Waals surface area contributed by atoms with Gasteiger partial charge in [0.2, 0.25) is 5.91 Å². The van der Waals surface area contributed by atoms with Crippen LogP contribution in [-0.2, 0) is 22.5 Å². The number of carbonyl (C=O) groups excluding carboxylic acids is 1. The zero-order chi connectivity index (χ0) is 21.5. The van der Waals surface area contributed by atoms with E-state index in [-0.39, 0.29) is 17.9 Å². The van der Waals surface area contributed by atoms with Crippen molar-refractivity contribution in [1.82, 2.24) is 9.88 Å². The maximum atomic E-state index is 12.8. The van der Waals surface area contributed by atoms with Gasteiger partial charge < -0.3 is 14.6 Å². The number of nitrogens with zero attached hydrogens (tertiary/aromatic N) is 1. The predicted octanol–water partition coefficient (Wildman–Crippen LogP) is 3.92. The number of hydrogen-bond acceptors (Lipinski definition) is 3. The topological polar surface area (TPSA) is 60.3 Å². The van der Waals surface area contributed by atoms with Gasteiger partial charge in [-0.05, 0) is 42.7 Å². The van der Waals surface area contributed by atoms with E-state index in [4.69, 9.17) is 4.74 Å². The van der Waals surface area contributed by atoms with Crippen molar-refractivity contribution in [3.05, 3.63) is 94.6 Å². The summed E-state index contributed by atoms with van der Waals surface area (Å²) in [6, 6.07) is 25.1. The van der Waals surface area contributed by atoms with Crippen molar-refractivity contribution >= 4 is 27.7 Å². The highest BCUT2D eigenvalue weighted by Gasteiger charge is 2.12. The Morgan fingerprint density at radius 2 is 1.42 bits per heavy atom. The SMILES string of the molecule is O=C(Cn1c2ccccc2c(=O)c2ccccc21)NCCCOCCc1ccccc1. The Morgan fingerprint density at radius 1 is 0.806 bits per heavy atom. The Kier molecular flexibility index (Phi) is 6.75. The van der Waals surface area contributed by atoms with Crippen LogP contribution >= 0.6 is 0 Å². The van der Waals surface area contributed by atoms with Gasteiger partial charge in [0.1, 0.15) is 6.54 Å². The van der Waals surface area contributed by atoms with E-state index < -0.39 is 0 Å². The zero-order valence-corrected chi connectivity index (χ0v) is 17.4. The molecule has 0 aliphatic carbocycles. The maximum Gasteiger partial charge on any atom is 0.239 e. The molecule has 0 unspecified atom stereocenters. The van der Waals surface area contributed by atoms with Gasteiger partial charge in [-0.3, -0.25) is 9.59 Å². The lowest BCUT2D eigenvalue weighted by Crippen LogP contribution is -2.30. The molecule has 1 N–H and O–H groups in total. The predicted molar refractivity (Wildman–Crippen MR) is 124 cm³/mol. The number of rotatable bonds is 9. The molecule has 0 spiro atoms. The van der Waals surface area contributed by atoms with Crippen LogP contribution in [0.25, 0.3) is 21.8 Å². The molecule has 3 aromatic carbocycles. The summed E-state index contributed by atoms with van der Waals surface area (Å²) in [6.07, 6.45) is 1.64. The van der Waals surface area contributed by atoms with Crippen LogP contribution in [-0.4, -0.2) is 30.2 Å². The molecule has 4 aromatic rings. The van der Waals surface area contributed by atoms with E-state index in [1.54, 1.807) is 0 Å². The van der Waals surface area contributed by atoms with Gasteiger partial charge >= 0.3 is 0 Å². The van der Waals surface area contributed by atoms with Gasteiger partial charge in [0.15, 0.2) is 5.43 Å². The van der Waals surface area contributed by atoms with Crippen molar-refractivity contribution in [2.24, 2.45) is 0 Å². The van der Waals surface area contributed by atoms with Gasteiger partial charge in [0.25, 0.3) is 0 Å². The summed E-state index contributed by atoms with van der Waals surface area (Å²) in [4.78, 5) is 25.4. The number of benzene rings is 3.